The van der Waals surface area contributed by atoms with E-state index in [0.29, 0.717) is 12.4 Å². The van der Waals surface area contributed by atoms with Crippen LogP contribution in [0, 0.1) is 6.92 Å². The third kappa shape index (κ3) is 5.41. The summed E-state index contributed by atoms with van der Waals surface area (Å²) in [5.41, 5.74) is 1.67. The summed E-state index contributed by atoms with van der Waals surface area (Å²) in [4.78, 5) is 11.9. The van der Waals surface area contributed by atoms with Gasteiger partial charge in [-0.15, -0.1) is 0 Å². The molecule has 0 aliphatic rings. The average Bonchev–Trinajstić information content (AvgIpc) is 2.91. The molecule has 1 aromatic carbocycles. The molecule has 2 rings (SSSR count). The number of anilines is 1. The molecule has 6 heteroatoms. The number of benzene rings is 1. The van der Waals surface area contributed by atoms with Crippen molar-refractivity contribution in [3.63, 3.8) is 0 Å². The summed E-state index contributed by atoms with van der Waals surface area (Å²) >= 11 is 0. The number of aryl methyl sites for hydroxylation is 1. The van der Waals surface area contributed by atoms with Crippen LogP contribution in [0.4, 0.5) is 10.7 Å². The third-order valence-corrected chi connectivity index (χ3v) is 3.46. The first-order valence-electron chi connectivity index (χ1n) is 7.66. The highest BCUT2D eigenvalue weighted by molar-refractivity contribution is 5.87. The number of carbonyl (C=O) groups excluding carboxylic acids is 1. The Hall–Kier alpha value is -2.34. The smallest absolute Gasteiger partial charge is 0.321 e. The van der Waals surface area contributed by atoms with Gasteiger partial charge in [-0.3, -0.25) is 5.32 Å². The molecule has 0 aliphatic carbocycles. The number of urea groups is 1. The molecule has 0 saturated carbocycles. The lowest BCUT2D eigenvalue weighted by Gasteiger charge is -2.30. The van der Waals surface area contributed by atoms with Crippen LogP contribution in [0.3, 0.4) is 0 Å². The molecule has 0 saturated heterocycles. The Balaban J connectivity index is 1.82. The summed E-state index contributed by atoms with van der Waals surface area (Å²) < 4.78 is 4.95. The molecule has 0 bridgehead atoms. The largest absolute Gasteiger partial charge is 0.338 e. The maximum atomic E-state index is 11.9. The number of nitrogens with one attached hydrogen (secondary N) is 3. The maximum absolute atomic E-state index is 11.9. The first-order chi connectivity index (χ1) is 10.9. The Morgan fingerprint density at radius 2 is 2.00 bits per heavy atom. The van der Waals surface area contributed by atoms with E-state index in [4.69, 9.17) is 4.52 Å². The Labute approximate surface area is 136 Å². The van der Waals surface area contributed by atoms with Gasteiger partial charge in [0.05, 0.1) is 5.69 Å². The lowest BCUT2D eigenvalue weighted by molar-refractivity contribution is 0.245. The summed E-state index contributed by atoms with van der Waals surface area (Å²) in [6.07, 6.45) is 0. The van der Waals surface area contributed by atoms with Crippen LogP contribution in [0.25, 0.3) is 0 Å². The second-order valence-corrected chi connectivity index (χ2v) is 6.30. The molecule has 1 aromatic heterocycles. The van der Waals surface area contributed by atoms with Gasteiger partial charge < -0.3 is 15.2 Å². The van der Waals surface area contributed by atoms with E-state index in [9.17, 15) is 4.79 Å². The van der Waals surface area contributed by atoms with Crippen molar-refractivity contribution in [1.29, 1.82) is 0 Å². The highest BCUT2D eigenvalue weighted by Gasteiger charge is 2.21. The van der Waals surface area contributed by atoms with Crippen molar-refractivity contribution in [2.45, 2.75) is 39.3 Å². The fourth-order valence-corrected chi connectivity index (χ4v) is 2.34. The van der Waals surface area contributed by atoms with Crippen LogP contribution in [-0.4, -0.2) is 23.3 Å². The monoisotopic (exact) mass is 316 g/mol. The molecular formula is C17H24N4O2. The Morgan fingerprint density at radius 1 is 1.30 bits per heavy atom. The van der Waals surface area contributed by atoms with Crippen LogP contribution in [0.2, 0.25) is 0 Å². The molecule has 0 fully saturated rings. The molecule has 6 nitrogen and oxygen atoms in total. The minimum atomic E-state index is -0.316. The SMILES string of the molecule is Cc1cc(NC(=O)NCC(C)(C)N[C@H](C)c2ccccc2)on1. The number of aromatic nitrogens is 1. The van der Waals surface area contributed by atoms with Crippen LogP contribution >= 0.6 is 0 Å². The average molecular weight is 316 g/mol. The Morgan fingerprint density at radius 3 is 2.61 bits per heavy atom. The van der Waals surface area contributed by atoms with Gasteiger partial charge in [0.2, 0.25) is 5.88 Å². The molecule has 0 unspecified atom stereocenters. The van der Waals surface area contributed by atoms with Crippen molar-refractivity contribution in [3.8, 4) is 0 Å². The van der Waals surface area contributed by atoms with Crippen molar-refractivity contribution in [2.75, 3.05) is 11.9 Å². The van der Waals surface area contributed by atoms with Gasteiger partial charge in [-0.1, -0.05) is 35.5 Å². The van der Waals surface area contributed by atoms with Gasteiger partial charge in [-0.25, -0.2) is 4.79 Å². The molecule has 23 heavy (non-hydrogen) atoms. The van der Waals surface area contributed by atoms with Gasteiger partial charge in [0.1, 0.15) is 0 Å². The van der Waals surface area contributed by atoms with Crippen molar-refractivity contribution in [2.24, 2.45) is 0 Å². The van der Waals surface area contributed by atoms with E-state index in [1.54, 1.807) is 13.0 Å². The Bertz CT molecular complexity index is 637. The van der Waals surface area contributed by atoms with Gasteiger partial charge in [0.15, 0.2) is 0 Å². The number of hydrogen-bond donors (Lipinski definition) is 3. The molecule has 1 atom stereocenters. The van der Waals surface area contributed by atoms with Crippen molar-refractivity contribution >= 4 is 11.9 Å². The van der Waals surface area contributed by atoms with Crippen LogP contribution in [0.1, 0.15) is 38.1 Å². The maximum Gasteiger partial charge on any atom is 0.321 e. The first-order valence-corrected chi connectivity index (χ1v) is 7.66. The summed E-state index contributed by atoms with van der Waals surface area (Å²) in [6, 6.07) is 11.7. The standard InChI is InChI=1S/C17H24N4O2/c1-12-10-15(23-21-12)19-16(22)18-11-17(3,4)20-13(2)14-8-6-5-7-9-14/h5-10,13,20H,11H2,1-4H3,(H2,18,19,22)/t13-/m1/s1. The van der Waals surface area contributed by atoms with Gasteiger partial charge in [-0.05, 0) is 33.3 Å². The number of carbonyl (C=O) groups is 1. The van der Waals surface area contributed by atoms with Crippen molar-refractivity contribution in [1.82, 2.24) is 15.8 Å². The molecule has 0 radical (unpaired) electrons. The van der Waals surface area contributed by atoms with E-state index in [0.717, 1.165) is 5.69 Å². The second kappa shape index (κ2) is 7.28. The Kier molecular flexibility index (Phi) is 5.39. The van der Waals surface area contributed by atoms with E-state index in [1.807, 2.05) is 32.0 Å². The van der Waals surface area contributed by atoms with Crippen LogP contribution in [0.15, 0.2) is 40.9 Å². The zero-order chi connectivity index (χ0) is 16.9. The minimum absolute atomic E-state index is 0.188. The van der Waals surface area contributed by atoms with Crippen LogP contribution < -0.4 is 16.0 Å². The minimum Gasteiger partial charge on any atom is -0.338 e. The van der Waals surface area contributed by atoms with E-state index in [-0.39, 0.29) is 17.6 Å². The highest BCUT2D eigenvalue weighted by Crippen LogP contribution is 2.15. The zero-order valence-corrected chi connectivity index (χ0v) is 14.0. The first kappa shape index (κ1) is 17.0. The van der Waals surface area contributed by atoms with Crippen LogP contribution in [0.5, 0.6) is 0 Å². The normalized spacial score (nSPS) is 12.7. The zero-order valence-electron chi connectivity index (χ0n) is 14.0. The summed E-state index contributed by atoms with van der Waals surface area (Å²) in [6.45, 7) is 8.47. The summed E-state index contributed by atoms with van der Waals surface area (Å²) in [5.74, 6) is 0.336. The van der Waals surface area contributed by atoms with Crippen LogP contribution in [-0.2, 0) is 0 Å². The number of rotatable bonds is 6. The third-order valence-electron chi connectivity index (χ3n) is 3.46. The molecule has 124 valence electrons. The van der Waals surface area contributed by atoms with Gasteiger partial charge in [0.25, 0.3) is 0 Å². The van der Waals surface area contributed by atoms with E-state index < -0.39 is 0 Å². The molecule has 0 aliphatic heterocycles. The van der Waals surface area contributed by atoms with Gasteiger partial charge >= 0.3 is 6.03 Å². The summed E-state index contributed by atoms with van der Waals surface area (Å²) in [5, 5.41) is 12.7. The van der Waals surface area contributed by atoms with Gasteiger partial charge in [-0.2, -0.15) is 0 Å². The quantitative estimate of drug-likeness (QED) is 0.764. The molecule has 0 spiro atoms. The lowest BCUT2D eigenvalue weighted by atomic mass is 10.0. The van der Waals surface area contributed by atoms with E-state index in [1.165, 1.54) is 5.56 Å². The second-order valence-electron chi connectivity index (χ2n) is 6.30. The van der Waals surface area contributed by atoms with E-state index >= 15 is 0 Å². The van der Waals surface area contributed by atoms with Gasteiger partial charge in [0, 0.05) is 24.2 Å². The number of hydrogen-bond acceptors (Lipinski definition) is 4. The van der Waals surface area contributed by atoms with Crippen molar-refractivity contribution in [3.05, 3.63) is 47.7 Å². The number of amides is 2. The predicted octanol–water partition coefficient (Wildman–Crippen LogP) is 3.23. The lowest BCUT2D eigenvalue weighted by Crippen LogP contribution is -2.50. The molecular weight excluding hydrogens is 292 g/mol. The summed E-state index contributed by atoms with van der Waals surface area (Å²) in [7, 11) is 0. The predicted molar refractivity (Wildman–Crippen MR) is 90.3 cm³/mol. The molecule has 2 aromatic rings. The molecule has 1 heterocycles. The molecule has 3 N–H and O–H groups in total. The molecule has 2 amide bonds. The topological polar surface area (TPSA) is 79.2 Å². The fourth-order valence-electron chi connectivity index (χ4n) is 2.34. The van der Waals surface area contributed by atoms with E-state index in [2.05, 4.69) is 40.2 Å². The highest BCUT2D eigenvalue weighted by atomic mass is 16.5. The van der Waals surface area contributed by atoms with Crippen molar-refractivity contribution < 1.29 is 9.32 Å². The number of nitrogens with zero attached hydrogens (tertiary/aromatic N) is 1. The fraction of sp³-hybridized carbons (Fsp3) is 0.412.